The molecule has 1 atom stereocenters. The molecule has 0 bridgehead atoms. The van der Waals surface area contributed by atoms with Crippen molar-refractivity contribution in [3.63, 3.8) is 0 Å². The van der Waals surface area contributed by atoms with Gasteiger partial charge < -0.3 is 9.80 Å². The van der Waals surface area contributed by atoms with E-state index in [1.807, 2.05) is 59.6 Å². The van der Waals surface area contributed by atoms with Crippen molar-refractivity contribution in [2.24, 2.45) is 5.92 Å². The van der Waals surface area contributed by atoms with Crippen LogP contribution >= 0.6 is 11.8 Å². The van der Waals surface area contributed by atoms with E-state index in [-0.39, 0.29) is 24.2 Å². The lowest BCUT2D eigenvalue weighted by atomic mass is 10.1. The quantitative estimate of drug-likeness (QED) is 0.533. The summed E-state index contributed by atoms with van der Waals surface area (Å²) in [7, 11) is 1.79. The number of hydrogen-bond donors (Lipinski definition) is 0. The van der Waals surface area contributed by atoms with Gasteiger partial charge in [-0.2, -0.15) is 5.10 Å². The molecule has 1 aliphatic heterocycles. The Morgan fingerprint density at radius 1 is 1.16 bits per heavy atom. The van der Waals surface area contributed by atoms with E-state index in [0.717, 1.165) is 16.1 Å². The Balaban J connectivity index is 1.37. The topological polar surface area (TPSA) is 58.4 Å². The average molecular weight is 435 g/mol. The maximum absolute atomic E-state index is 13.0. The van der Waals surface area contributed by atoms with Gasteiger partial charge in [-0.1, -0.05) is 36.4 Å². The van der Waals surface area contributed by atoms with Crippen LogP contribution in [0.15, 0.2) is 71.9 Å². The number of nitrogens with zero attached hydrogens (tertiary/aromatic N) is 4. The molecule has 3 aromatic rings. The van der Waals surface area contributed by atoms with Gasteiger partial charge >= 0.3 is 0 Å². The van der Waals surface area contributed by atoms with E-state index in [0.29, 0.717) is 19.6 Å². The second-order valence-corrected chi connectivity index (χ2v) is 8.71. The predicted molar refractivity (Wildman–Crippen MR) is 123 cm³/mol. The lowest BCUT2D eigenvalue weighted by Gasteiger charge is -2.21. The van der Waals surface area contributed by atoms with Gasteiger partial charge in [0.2, 0.25) is 11.8 Å². The maximum Gasteiger partial charge on any atom is 0.228 e. The van der Waals surface area contributed by atoms with Gasteiger partial charge in [0, 0.05) is 48.9 Å². The zero-order valence-electron chi connectivity index (χ0n) is 17.8. The van der Waals surface area contributed by atoms with Crippen molar-refractivity contribution in [1.82, 2.24) is 14.7 Å². The van der Waals surface area contributed by atoms with E-state index in [2.05, 4.69) is 17.2 Å². The molecule has 0 N–H and O–H groups in total. The minimum atomic E-state index is -0.324. The summed E-state index contributed by atoms with van der Waals surface area (Å²) >= 11 is 1.64. The highest BCUT2D eigenvalue weighted by Gasteiger charge is 2.36. The largest absolute Gasteiger partial charge is 0.341 e. The first-order chi connectivity index (χ1) is 15.0. The van der Waals surface area contributed by atoms with E-state index in [9.17, 15) is 9.59 Å². The fourth-order valence-corrected chi connectivity index (χ4v) is 4.36. The molecule has 4 rings (SSSR count). The standard InChI is InChI=1S/C24H26N4O2S/c1-26(14-19-13-25-27(16-19)15-18-7-4-3-5-8-18)24(30)20-11-23(29)28(17-20)21-9-6-10-22(12-21)31-2/h3-10,12-13,16,20H,11,14-15,17H2,1-2H3/t20-/m0/s1. The van der Waals surface area contributed by atoms with Gasteiger partial charge in [0.1, 0.15) is 0 Å². The molecule has 0 spiro atoms. The maximum atomic E-state index is 13.0. The first kappa shape index (κ1) is 21.2. The smallest absolute Gasteiger partial charge is 0.228 e. The van der Waals surface area contributed by atoms with Crippen LogP contribution < -0.4 is 4.90 Å². The summed E-state index contributed by atoms with van der Waals surface area (Å²) in [5, 5.41) is 4.42. The van der Waals surface area contributed by atoms with Crippen molar-refractivity contribution in [2.45, 2.75) is 24.4 Å². The number of carbonyl (C=O) groups excluding carboxylic acids is 2. The molecular weight excluding hydrogens is 408 g/mol. The average Bonchev–Trinajstić information content (AvgIpc) is 3.40. The van der Waals surface area contributed by atoms with Crippen molar-refractivity contribution in [2.75, 3.05) is 24.7 Å². The highest BCUT2D eigenvalue weighted by Crippen LogP contribution is 2.29. The Kier molecular flexibility index (Phi) is 6.42. The third kappa shape index (κ3) is 4.99. The molecule has 0 aliphatic carbocycles. The van der Waals surface area contributed by atoms with Crippen LogP contribution in [-0.2, 0) is 22.7 Å². The summed E-state index contributed by atoms with van der Waals surface area (Å²) < 4.78 is 1.88. The van der Waals surface area contributed by atoms with Gasteiger partial charge in [0.25, 0.3) is 0 Å². The third-order valence-electron chi connectivity index (χ3n) is 5.51. The Labute approximate surface area is 186 Å². The molecule has 1 aromatic heterocycles. The summed E-state index contributed by atoms with van der Waals surface area (Å²) in [5.41, 5.74) is 3.01. The molecule has 31 heavy (non-hydrogen) atoms. The summed E-state index contributed by atoms with van der Waals surface area (Å²) in [6.07, 6.45) is 6.03. The van der Waals surface area contributed by atoms with Gasteiger partial charge in [-0.25, -0.2) is 0 Å². The number of thioether (sulfide) groups is 1. The van der Waals surface area contributed by atoms with E-state index in [4.69, 9.17) is 0 Å². The molecule has 2 amide bonds. The van der Waals surface area contributed by atoms with Crippen molar-refractivity contribution in [3.05, 3.63) is 78.1 Å². The van der Waals surface area contributed by atoms with Gasteiger partial charge in [-0.05, 0) is 30.0 Å². The van der Waals surface area contributed by atoms with Gasteiger partial charge in [0.15, 0.2) is 0 Å². The van der Waals surface area contributed by atoms with E-state index >= 15 is 0 Å². The normalized spacial score (nSPS) is 16.0. The first-order valence-corrected chi connectivity index (χ1v) is 11.5. The Hall–Kier alpha value is -3.06. The highest BCUT2D eigenvalue weighted by atomic mass is 32.2. The molecule has 0 saturated carbocycles. The minimum absolute atomic E-state index is 0.000633. The summed E-state index contributed by atoms with van der Waals surface area (Å²) in [6, 6.07) is 18.0. The number of benzene rings is 2. The van der Waals surface area contributed by atoms with Crippen LogP contribution in [0.3, 0.4) is 0 Å². The summed E-state index contributed by atoms with van der Waals surface area (Å²) in [4.78, 5) is 30.1. The number of amides is 2. The second-order valence-electron chi connectivity index (χ2n) is 7.83. The van der Waals surface area contributed by atoms with Gasteiger partial charge in [-0.15, -0.1) is 11.8 Å². The van der Waals surface area contributed by atoms with Crippen molar-refractivity contribution < 1.29 is 9.59 Å². The molecule has 7 heteroatoms. The van der Waals surface area contributed by atoms with Crippen molar-refractivity contribution >= 4 is 29.3 Å². The van der Waals surface area contributed by atoms with Gasteiger partial charge in [0.05, 0.1) is 18.7 Å². The molecule has 6 nitrogen and oxygen atoms in total. The number of rotatable bonds is 7. The van der Waals surface area contributed by atoms with Crippen LogP contribution in [-0.4, -0.2) is 46.3 Å². The zero-order valence-corrected chi connectivity index (χ0v) is 18.6. The molecule has 2 heterocycles. The number of anilines is 1. The van der Waals surface area contributed by atoms with Crippen molar-refractivity contribution in [3.8, 4) is 0 Å². The molecule has 2 aromatic carbocycles. The molecule has 0 unspecified atom stereocenters. The predicted octanol–water partition coefficient (Wildman–Crippen LogP) is 3.66. The Morgan fingerprint density at radius 2 is 1.97 bits per heavy atom. The zero-order chi connectivity index (χ0) is 21.8. The Bertz CT molecular complexity index is 1070. The van der Waals surface area contributed by atoms with Crippen LogP contribution in [0.1, 0.15) is 17.5 Å². The molecule has 1 saturated heterocycles. The number of carbonyl (C=O) groups is 2. The van der Waals surface area contributed by atoms with Crippen molar-refractivity contribution in [1.29, 1.82) is 0 Å². The lowest BCUT2D eigenvalue weighted by Crippen LogP contribution is -2.34. The van der Waals surface area contributed by atoms with E-state index in [1.54, 1.807) is 34.8 Å². The molecule has 1 fully saturated rings. The lowest BCUT2D eigenvalue weighted by molar-refractivity contribution is -0.135. The second kappa shape index (κ2) is 9.39. The molecular formula is C24H26N4O2S. The number of aromatic nitrogens is 2. The summed E-state index contributed by atoms with van der Waals surface area (Å²) in [5.74, 6) is -0.330. The van der Waals surface area contributed by atoms with Gasteiger partial charge in [-0.3, -0.25) is 14.3 Å². The Morgan fingerprint density at radius 3 is 2.74 bits per heavy atom. The first-order valence-electron chi connectivity index (χ1n) is 10.3. The van der Waals surface area contributed by atoms with Crippen LogP contribution in [0.4, 0.5) is 5.69 Å². The monoisotopic (exact) mass is 434 g/mol. The van der Waals surface area contributed by atoms with Crippen LogP contribution in [0.2, 0.25) is 0 Å². The van der Waals surface area contributed by atoms with Crippen LogP contribution in [0.5, 0.6) is 0 Å². The van der Waals surface area contributed by atoms with E-state index in [1.165, 1.54) is 5.56 Å². The third-order valence-corrected chi connectivity index (χ3v) is 6.23. The number of hydrogen-bond acceptors (Lipinski definition) is 4. The van der Waals surface area contributed by atoms with Crippen LogP contribution in [0, 0.1) is 5.92 Å². The SMILES string of the molecule is CSc1cccc(N2C[C@@H](C(=O)N(C)Cc3cnn(Cc4ccccc4)c3)CC2=O)c1. The van der Waals surface area contributed by atoms with Crippen LogP contribution in [0.25, 0.3) is 0 Å². The molecule has 0 radical (unpaired) electrons. The molecule has 160 valence electrons. The molecule has 1 aliphatic rings. The fourth-order valence-electron chi connectivity index (χ4n) is 3.91. The minimum Gasteiger partial charge on any atom is -0.341 e. The van der Waals surface area contributed by atoms with E-state index < -0.39 is 0 Å². The fraction of sp³-hybridized carbons (Fsp3) is 0.292. The highest BCUT2D eigenvalue weighted by molar-refractivity contribution is 7.98. The summed E-state index contributed by atoms with van der Waals surface area (Å²) in [6.45, 7) is 1.59.